The second-order valence-corrected chi connectivity index (χ2v) is 7.43. The Bertz CT molecular complexity index is 971. The molecule has 0 amide bonds. The van der Waals surface area contributed by atoms with Crippen molar-refractivity contribution in [2.75, 3.05) is 7.05 Å². The van der Waals surface area contributed by atoms with Gasteiger partial charge < -0.3 is 9.15 Å². The molecule has 2 aromatic heterocycles. The summed E-state index contributed by atoms with van der Waals surface area (Å²) in [6.07, 6.45) is 0. The number of thiophene rings is 1. The van der Waals surface area contributed by atoms with Crippen molar-refractivity contribution in [3.05, 3.63) is 100 Å². The van der Waals surface area contributed by atoms with E-state index in [2.05, 4.69) is 57.9 Å². The molecule has 0 aliphatic rings. The number of aromatic nitrogens is 2. The Hall–Kier alpha value is -2.96. The van der Waals surface area contributed by atoms with Crippen LogP contribution in [-0.2, 0) is 13.2 Å². The topological polar surface area (TPSA) is 51.4 Å². The van der Waals surface area contributed by atoms with Gasteiger partial charge >= 0.3 is 0 Å². The number of hydrogen-bond acceptors (Lipinski definition) is 6. The number of nitrogens with zero attached hydrogens (tertiary/aromatic N) is 3. The maximum absolute atomic E-state index is 5.97. The number of para-hydroxylation sites is 1. The second-order valence-electron chi connectivity index (χ2n) is 6.45. The number of hydrogen-bond donors (Lipinski definition) is 0. The zero-order valence-electron chi connectivity index (χ0n) is 15.6. The summed E-state index contributed by atoms with van der Waals surface area (Å²) in [6, 6.07) is 24.0. The van der Waals surface area contributed by atoms with Gasteiger partial charge in [0.05, 0.1) is 0 Å². The molecule has 0 N–H and O–H groups in total. The molecule has 4 rings (SSSR count). The summed E-state index contributed by atoms with van der Waals surface area (Å²) < 4.78 is 11.7. The van der Waals surface area contributed by atoms with Crippen LogP contribution in [0, 0.1) is 0 Å². The molecular weight excluding hydrogens is 370 g/mol. The first kappa shape index (κ1) is 18.4. The van der Waals surface area contributed by atoms with Crippen molar-refractivity contribution in [3.8, 4) is 5.75 Å². The van der Waals surface area contributed by atoms with Crippen LogP contribution in [0.15, 0.2) is 82.6 Å². The van der Waals surface area contributed by atoms with Gasteiger partial charge in [-0.25, -0.2) is 0 Å². The molecule has 0 radical (unpaired) electrons. The highest BCUT2D eigenvalue weighted by Crippen LogP contribution is 2.31. The van der Waals surface area contributed by atoms with Crippen molar-refractivity contribution < 1.29 is 9.15 Å². The third-order valence-electron chi connectivity index (χ3n) is 4.35. The fourth-order valence-corrected chi connectivity index (χ4v) is 3.92. The third kappa shape index (κ3) is 4.47. The SMILES string of the molecule is CN(Cc1ccccc1)C(c1nnc(COc2ccccc2)o1)c1cccs1. The molecule has 28 heavy (non-hydrogen) atoms. The zero-order chi connectivity index (χ0) is 19.2. The van der Waals surface area contributed by atoms with Gasteiger partial charge in [-0.15, -0.1) is 21.5 Å². The molecule has 0 saturated carbocycles. The lowest BCUT2D eigenvalue weighted by molar-refractivity contribution is 0.217. The van der Waals surface area contributed by atoms with E-state index in [9.17, 15) is 0 Å². The fourth-order valence-electron chi connectivity index (χ4n) is 3.03. The molecule has 0 aliphatic carbocycles. The molecule has 142 valence electrons. The third-order valence-corrected chi connectivity index (χ3v) is 5.27. The summed E-state index contributed by atoms with van der Waals surface area (Å²) in [4.78, 5) is 3.38. The quantitative estimate of drug-likeness (QED) is 0.426. The maximum atomic E-state index is 5.97. The summed E-state index contributed by atoms with van der Waals surface area (Å²) in [6.45, 7) is 1.03. The van der Waals surface area contributed by atoms with Gasteiger partial charge in [-0.3, -0.25) is 4.90 Å². The van der Waals surface area contributed by atoms with E-state index in [4.69, 9.17) is 9.15 Å². The molecule has 4 aromatic rings. The lowest BCUT2D eigenvalue weighted by Crippen LogP contribution is -2.24. The number of ether oxygens (including phenoxy) is 1. The summed E-state index contributed by atoms with van der Waals surface area (Å²) in [5, 5.41) is 10.6. The van der Waals surface area contributed by atoms with E-state index in [0.29, 0.717) is 11.8 Å². The standard InChI is InChI=1S/C22H21N3O2S/c1-25(15-17-9-4-2-5-10-17)21(19-13-8-14-28-19)22-24-23-20(27-22)16-26-18-11-6-3-7-12-18/h2-14,21H,15-16H2,1H3. The minimum absolute atomic E-state index is 0.0989. The number of benzene rings is 2. The Kier molecular flexibility index (Phi) is 5.80. The molecule has 1 atom stereocenters. The lowest BCUT2D eigenvalue weighted by Gasteiger charge is -2.24. The van der Waals surface area contributed by atoms with Crippen LogP contribution in [0.2, 0.25) is 0 Å². The van der Waals surface area contributed by atoms with Gasteiger partial charge in [-0.2, -0.15) is 0 Å². The first-order valence-electron chi connectivity index (χ1n) is 9.07. The highest BCUT2D eigenvalue weighted by molar-refractivity contribution is 7.10. The fraction of sp³-hybridized carbons (Fsp3) is 0.182. The summed E-state index contributed by atoms with van der Waals surface area (Å²) in [5.41, 5.74) is 1.23. The Morgan fingerprint density at radius 1 is 0.964 bits per heavy atom. The Labute approximate surface area is 168 Å². The first-order valence-corrected chi connectivity index (χ1v) is 9.95. The molecule has 0 fully saturated rings. The van der Waals surface area contributed by atoms with Crippen molar-refractivity contribution in [2.24, 2.45) is 0 Å². The Morgan fingerprint density at radius 3 is 2.43 bits per heavy atom. The van der Waals surface area contributed by atoms with Crippen molar-refractivity contribution in [1.82, 2.24) is 15.1 Å². The van der Waals surface area contributed by atoms with Gasteiger partial charge in [0.15, 0.2) is 6.61 Å². The van der Waals surface area contributed by atoms with E-state index in [0.717, 1.165) is 17.2 Å². The largest absolute Gasteiger partial charge is 0.484 e. The minimum Gasteiger partial charge on any atom is -0.484 e. The molecule has 2 heterocycles. The van der Waals surface area contributed by atoms with Gasteiger partial charge in [0, 0.05) is 11.4 Å². The van der Waals surface area contributed by atoms with Crippen molar-refractivity contribution >= 4 is 11.3 Å². The average Bonchev–Trinajstić information content (AvgIpc) is 3.41. The minimum atomic E-state index is -0.0989. The molecule has 2 aromatic carbocycles. The smallest absolute Gasteiger partial charge is 0.253 e. The maximum Gasteiger partial charge on any atom is 0.253 e. The number of rotatable bonds is 8. The molecule has 0 bridgehead atoms. The summed E-state index contributed by atoms with van der Waals surface area (Å²) in [5.74, 6) is 1.82. The van der Waals surface area contributed by atoms with E-state index < -0.39 is 0 Å². The Morgan fingerprint density at radius 2 is 1.71 bits per heavy atom. The summed E-state index contributed by atoms with van der Waals surface area (Å²) in [7, 11) is 2.07. The molecule has 6 heteroatoms. The zero-order valence-corrected chi connectivity index (χ0v) is 16.4. The summed E-state index contributed by atoms with van der Waals surface area (Å²) >= 11 is 1.68. The molecule has 1 unspecified atom stereocenters. The average molecular weight is 391 g/mol. The van der Waals surface area contributed by atoms with Crippen LogP contribution in [-0.4, -0.2) is 22.1 Å². The van der Waals surface area contributed by atoms with Crippen LogP contribution < -0.4 is 4.74 Å². The van der Waals surface area contributed by atoms with Crippen LogP contribution in [0.25, 0.3) is 0 Å². The highest BCUT2D eigenvalue weighted by Gasteiger charge is 2.26. The van der Waals surface area contributed by atoms with Crippen molar-refractivity contribution in [2.45, 2.75) is 19.2 Å². The van der Waals surface area contributed by atoms with Gasteiger partial charge in [0.1, 0.15) is 11.8 Å². The van der Waals surface area contributed by atoms with E-state index in [-0.39, 0.29) is 12.6 Å². The van der Waals surface area contributed by atoms with Gasteiger partial charge in [-0.05, 0) is 36.2 Å². The van der Waals surface area contributed by atoms with Crippen LogP contribution in [0.1, 0.15) is 28.3 Å². The molecule has 0 aliphatic heterocycles. The van der Waals surface area contributed by atoms with Gasteiger partial charge in [0.25, 0.3) is 5.89 Å². The molecule has 0 saturated heterocycles. The second kappa shape index (κ2) is 8.82. The van der Waals surface area contributed by atoms with Crippen LogP contribution in [0.5, 0.6) is 5.75 Å². The monoisotopic (exact) mass is 391 g/mol. The molecule has 0 spiro atoms. The van der Waals surface area contributed by atoms with Crippen LogP contribution in [0.3, 0.4) is 0 Å². The van der Waals surface area contributed by atoms with Crippen LogP contribution >= 0.6 is 11.3 Å². The molecule has 5 nitrogen and oxygen atoms in total. The van der Waals surface area contributed by atoms with Crippen molar-refractivity contribution in [1.29, 1.82) is 0 Å². The van der Waals surface area contributed by atoms with E-state index in [1.165, 1.54) is 5.56 Å². The lowest BCUT2D eigenvalue weighted by atomic mass is 10.1. The predicted molar refractivity (Wildman–Crippen MR) is 109 cm³/mol. The van der Waals surface area contributed by atoms with E-state index >= 15 is 0 Å². The van der Waals surface area contributed by atoms with E-state index in [1.54, 1.807) is 11.3 Å². The normalized spacial score (nSPS) is 12.2. The van der Waals surface area contributed by atoms with Gasteiger partial charge in [-0.1, -0.05) is 54.6 Å². The van der Waals surface area contributed by atoms with Crippen molar-refractivity contribution in [3.63, 3.8) is 0 Å². The highest BCUT2D eigenvalue weighted by atomic mass is 32.1. The van der Waals surface area contributed by atoms with E-state index in [1.807, 2.05) is 42.5 Å². The Balaban J connectivity index is 1.51. The predicted octanol–water partition coefficient (Wildman–Crippen LogP) is 4.93. The van der Waals surface area contributed by atoms with Gasteiger partial charge in [0.2, 0.25) is 5.89 Å². The van der Waals surface area contributed by atoms with Crippen LogP contribution in [0.4, 0.5) is 0 Å². The first-order chi connectivity index (χ1) is 13.8. The molecular formula is C22H21N3O2S.